The van der Waals surface area contributed by atoms with E-state index >= 15 is 0 Å². The fourth-order valence-electron chi connectivity index (χ4n) is 0.448. The van der Waals surface area contributed by atoms with Crippen LogP contribution in [0.3, 0.4) is 0 Å². The molecule has 0 N–H and O–H groups in total. The second-order valence-electron chi connectivity index (χ2n) is 1.87. The van der Waals surface area contributed by atoms with Crippen molar-refractivity contribution < 1.29 is 9.14 Å². The van der Waals surface area contributed by atoms with Gasteiger partial charge in [0.2, 0.25) is 0 Å². The summed E-state index contributed by atoms with van der Waals surface area (Å²) in [5, 5.41) is 0. The van der Waals surface area contributed by atoms with Crippen molar-refractivity contribution in [1.29, 1.82) is 0 Å². The number of rotatable bonds is 6. The molecule has 5 heteroatoms. The third kappa shape index (κ3) is 8.11. The van der Waals surface area contributed by atoms with E-state index in [4.69, 9.17) is 9.14 Å². The van der Waals surface area contributed by atoms with Crippen molar-refractivity contribution in [3.8, 4) is 0 Å². The Bertz CT molecular complexity index is 47.1. The van der Waals surface area contributed by atoms with E-state index in [9.17, 15) is 0 Å². The molecule has 0 atom stereocenters. The van der Waals surface area contributed by atoms with E-state index in [1.165, 1.54) is 6.42 Å². The summed E-state index contributed by atoms with van der Waals surface area (Å²) in [6.45, 7) is 4.10. The molecule has 0 aromatic rings. The van der Waals surface area contributed by atoms with Gasteiger partial charge in [-0.05, 0) is 0 Å². The van der Waals surface area contributed by atoms with Crippen LogP contribution >= 0.6 is 0 Å². The van der Waals surface area contributed by atoms with E-state index in [1.807, 2.05) is 6.82 Å². The first kappa shape index (κ1) is 9.11. The summed E-state index contributed by atoms with van der Waals surface area (Å²) >= 11 is 0. The highest BCUT2D eigenvalue weighted by atomic mass is 16.5. The molecule has 0 aliphatic heterocycles. The van der Waals surface area contributed by atoms with Crippen molar-refractivity contribution in [3.05, 3.63) is 0 Å². The van der Waals surface area contributed by atoms with E-state index in [0.717, 1.165) is 21.3 Å². The third-order valence-corrected chi connectivity index (χ3v) is 1.01. The van der Waals surface area contributed by atoms with E-state index in [1.54, 1.807) is 0 Å². The van der Waals surface area contributed by atoms with Gasteiger partial charge in [-0.3, -0.25) is 0 Å². The van der Waals surface area contributed by atoms with Crippen LogP contribution in [0, 0.1) is 0 Å². The van der Waals surface area contributed by atoms with Crippen LogP contribution < -0.4 is 0 Å². The van der Waals surface area contributed by atoms with Crippen LogP contribution in [0.5, 0.6) is 0 Å². The zero-order valence-electron chi connectivity index (χ0n) is 6.35. The lowest BCUT2D eigenvalue weighted by atomic mass is 9.91. The molecular weight excluding hydrogens is 112 g/mol. The summed E-state index contributed by atoms with van der Waals surface area (Å²) in [6, 6.07) is 0. The largest absolute Gasteiger partial charge is 0.481 e. The van der Waals surface area contributed by atoms with Crippen molar-refractivity contribution in [3.63, 3.8) is 0 Å². The Labute approximate surface area is 59.2 Å². The van der Waals surface area contributed by atoms with Crippen LogP contribution in [0.4, 0.5) is 0 Å². The monoisotopic (exact) mass is 126 g/mol. The van der Waals surface area contributed by atoms with Gasteiger partial charge in [-0.25, -0.2) is 0 Å². The van der Waals surface area contributed by atoms with Crippen LogP contribution in [0.1, 0.15) is 13.3 Å². The lowest BCUT2D eigenvalue weighted by molar-refractivity contribution is 0.493. The van der Waals surface area contributed by atoms with Gasteiger partial charge >= 0.3 is 7.69 Å². The molecule has 0 fully saturated rings. The molecule has 0 aliphatic rings. The van der Waals surface area contributed by atoms with Crippen LogP contribution in [-0.2, 0) is 9.14 Å². The van der Waals surface area contributed by atoms with Gasteiger partial charge in [0.25, 0.3) is 15.0 Å². The van der Waals surface area contributed by atoms with Crippen LogP contribution in [0.2, 0.25) is 13.1 Å². The van der Waals surface area contributed by atoms with E-state index in [-0.39, 0.29) is 0 Å². The van der Waals surface area contributed by atoms with Gasteiger partial charge < -0.3 is 9.14 Å². The molecule has 0 aromatic carbocycles. The summed E-state index contributed by atoms with van der Waals surface area (Å²) in [5.74, 6) is 0. The lowest BCUT2D eigenvalue weighted by Gasteiger charge is -1.97. The molecule has 0 aliphatic carbocycles. The molecule has 0 radical (unpaired) electrons. The van der Waals surface area contributed by atoms with Gasteiger partial charge in [0.1, 0.15) is 0 Å². The van der Waals surface area contributed by atoms with Crippen LogP contribution in [0.25, 0.3) is 0 Å². The average Bonchev–Trinajstić information content (AvgIpc) is 1.89. The fourth-order valence-corrected chi connectivity index (χ4v) is 0.448. The average molecular weight is 126 g/mol. The molecule has 9 heavy (non-hydrogen) atoms. The maximum Gasteiger partial charge on any atom is 0.406 e. The minimum Gasteiger partial charge on any atom is -0.481 e. The first-order valence-electron chi connectivity index (χ1n) is 3.57. The zero-order chi connectivity index (χ0) is 6.95. The second kappa shape index (κ2) is 8.11. The minimum absolute atomic E-state index is 0.455. The SMILES string of the molecule is CBOBOBCCC. The molecule has 0 aromatic heterocycles. The summed E-state index contributed by atoms with van der Waals surface area (Å²) in [4.78, 5) is 0. The van der Waals surface area contributed by atoms with Gasteiger partial charge in [-0.1, -0.05) is 26.5 Å². The first-order chi connectivity index (χ1) is 4.41. The summed E-state index contributed by atoms with van der Waals surface area (Å²) in [6.07, 6.45) is 2.32. The van der Waals surface area contributed by atoms with Crippen molar-refractivity contribution >= 4 is 22.6 Å². The smallest absolute Gasteiger partial charge is 0.406 e. The van der Waals surface area contributed by atoms with Gasteiger partial charge in [0.15, 0.2) is 0 Å². The second-order valence-corrected chi connectivity index (χ2v) is 1.87. The normalized spacial score (nSPS) is 8.67. The maximum atomic E-state index is 5.09. The molecule has 50 valence electrons. The molecule has 0 bridgehead atoms. The van der Waals surface area contributed by atoms with Crippen molar-refractivity contribution in [1.82, 2.24) is 0 Å². The summed E-state index contributed by atoms with van der Waals surface area (Å²) in [5.41, 5.74) is 0. The zero-order valence-corrected chi connectivity index (χ0v) is 6.35. The van der Waals surface area contributed by atoms with E-state index < -0.39 is 0 Å². The standard InChI is InChI=1S/C4H13B3O2/c1-3-4-6-9-7-8-5-2/h5-7H,3-4H2,1-2H3. The Morgan fingerprint density at radius 3 is 2.67 bits per heavy atom. The highest BCUT2D eigenvalue weighted by Gasteiger charge is 1.91. The van der Waals surface area contributed by atoms with Crippen LogP contribution in [0.15, 0.2) is 0 Å². The van der Waals surface area contributed by atoms with Crippen molar-refractivity contribution in [2.24, 2.45) is 0 Å². The Kier molecular flexibility index (Phi) is 8.22. The van der Waals surface area contributed by atoms with Gasteiger partial charge in [-0.2, -0.15) is 0 Å². The molecular formula is C4H13B3O2. The van der Waals surface area contributed by atoms with Crippen molar-refractivity contribution in [2.75, 3.05) is 0 Å². The fraction of sp³-hybridized carbons (Fsp3) is 1.00. The Balaban J connectivity index is 2.60. The maximum absolute atomic E-state index is 5.09. The van der Waals surface area contributed by atoms with E-state index in [2.05, 4.69) is 6.92 Å². The topological polar surface area (TPSA) is 18.5 Å². The number of hydrogen-bond donors (Lipinski definition) is 0. The quantitative estimate of drug-likeness (QED) is 0.364. The molecule has 0 saturated carbocycles. The first-order valence-corrected chi connectivity index (χ1v) is 3.57. The summed E-state index contributed by atoms with van der Waals surface area (Å²) < 4.78 is 10.1. The van der Waals surface area contributed by atoms with E-state index in [0.29, 0.717) is 7.69 Å². The third-order valence-electron chi connectivity index (χ3n) is 1.01. The Morgan fingerprint density at radius 2 is 2.11 bits per heavy atom. The molecule has 0 amide bonds. The molecule has 0 rings (SSSR count). The highest BCUT2D eigenvalue weighted by molar-refractivity contribution is 6.44. The lowest BCUT2D eigenvalue weighted by Crippen LogP contribution is -2.08. The summed E-state index contributed by atoms with van der Waals surface area (Å²) in [7, 11) is 2.03. The Hall–Kier alpha value is 0.115. The van der Waals surface area contributed by atoms with Gasteiger partial charge in [0.05, 0.1) is 0 Å². The van der Waals surface area contributed by atoms with Crippen molar-refractivity contribution in [2.45, 2.75) is 26.5 Å². The number of hydrogen-bond acceptors (Lipinski definition) is 2. The predicted octanol–water partition coefficient (Wildman–Crippen LogP) is -0.135. The predicted molar refractivity (Wildman–Crippen MR) is 44.6 cm³/mol. The van der Waals surface area contributed by atoms with Gasteiger partial charge in [-0.15, -0.1) is 0 Å². The Morgan fingerprint density at radius 1 is 1.33 bits per heavy atom. The molecule has 0 spiro atoms. The molecule has 0 heterocycles. The molecule has 0 saturated heterocycles. The van der Waals surface area contributed by atoms with Gasteiger partial charge in [0, 0.05) is 0 Å². The molecule has 0 unspecified atom stereocenters. The highest BCUT2D eigenvalue weighted by Crippen LogP contribution is 1.84. The van der Waals surface area contributed by atoms with Crippen LogP contribution in [-0.4, -0.2) is 22.6 Å². The minimum atomic E-state index is 0.455. The molecule has 2 nitrogen and oxygen atoms in total.